The highest BCUT2D eigenvalue weighted by Gasteiger charge is 2.29. The number of anilines is 1. The van der Waals surface area contributed by atoms with Crippen LogP contribution in [0.4, 0.5) is 32.0 Å². The first-order valence-corrected chi connectivity index (χ1v) is 5.82. The third kappa shape index (κ3) is 3.68. The van der Waals surface area contributed by atoms with Crippen molar-refractivity contribution in [2.45, 2.75) is 12.7 Å². The molecule has 0 aliphatic heterocycles. The van der Waals surface area contributed by atoms with E-state index in [0.717, 1.165) is 18.2 Å². The lowest BCUT2D eigenvalue weighted by Crippen LogP contribution is -2.06. The summed E-state index contributed by atoms with van der Waals surface area (Å²) in [6.45, 7) is -0.0715. The number of hydrogen-bond donors (Lipinski definition) is 1. The zero-order valence-electron chi connectivity index (χ0n) is 10.4. The maximum atomic E-state index is 13.4. The van der Waals surface area contributed by atoms with E-state index in [1.807, 2.05) is 0 Å². The van der Waals surface area contributed by atoms with Crippen LogP contribution in [0.15, 0.2) is 36.4 Å². The number of nitrogens with one attached hydrogen (secondary N) is 1. The van der Waals surface area contributed by atoms with Crippen molar-refractivity contribution in [2.24, 2.45) is 0 Å². The second kappa shape index (κ2) is 5.67. The van der Waals surface area contributed by atoms with Crippen LogP contribution < -0.4 is 5.32 Å². The van der Waals surface area contributed by atoms with Crippen molar-refractivity contribution < 1.29 is 26.3 Å². The Hall–Kier alpha value is -2.18. The van der Waals surface area contributed by atoms with Crippen molar-refractivity contribution >= 4 is 5.69 Å². The van der Waals surface area contributed by atoms with E-state index in [2.05, 4.69) is 5.32 Å². The SMILES string of the molecule is Fc1cc(F)c(F)c(NCc2ccc(C(F)(F)F)cc2)c1. The zero-order valence-corrected chi connectivity index (χ0v) is 10.4. The Kier molecular flexibility index (Phi) is 4.11. The van der Waals surface area contributed by atoms with Crippen LogP contribution in [0.3, 0.4) is 0 Å². The normalized spacial score (nSPS) is 11.5. The van der Waals surface area contributed by atoms with Gasteiger partial charge in [-0.25, -0.2) is 13.2 Å². The predicted molar refractivity (Wildman–Crippen MR) is 65.1 cm³/mol. The van der Waals surface area contributed by atoms with Crippen LogP contribution >= 0.6 is 0 Å². The highest BCUT2D eigenvalue weighted by atomic mass is 19.4. The molecule has 0 aliphatic rings. The Balaban J connectivity index is 2.10. The van der Waals surface area contributed by atoms with Crippen LogP contribution in [0.1, 0.15) is 11.1 Å². The lowest BCUT2D eigenvalue weighted by molar-refractivity contribution is -0.137. The van der Waals surface area contributed by atoms with Crippen molar-refractivity contribution in [3.63, 3.8) is 0 Å². The molecule has 0 atom stereocenters. The first-order valence-electron chi connectivity index (χ1n) is 5.82. The van der Waals surface area contributed by atoms with Crippen molar-refractivity contribution in [3.8, 4) is 0 Å². The summed E-state index contributed by atoms with van der Waals surface area (Å²) in [7, 11) is 0. The number of hydrogen-bond acceptors (Lipinski definition) is 1. The molecule has 0 amide bonds. The molecule has 0 heterocycles. The Morgan fingerprint density at radius 3 is 2.10 bits per heavy atom. The summed E-state index contributed by atoms with van der Waals surface area (Å²) in [4.78, 5) is 0. The standard InChI is InChI=1S/C14H9F6N/c15-10-5-11(16)13(17)12(6-10)21-7-8-1-3-9(4-2-8)14(18,19)20/h1-6,21H,7H2. The summed E-state index contributed by atoms with van der Waals surface area (Å²) in [6.07, 6.45) is -4.44. The molecule has 2 aromatic rings. The Morgan fingerprint density at radius 1 is 0.905 bits per heavy atom. The van der Waals surface area contributed by atoms with Gasteiger partial charge in [-0.1, -0.05) is 12.1 Å². The Bertz CT molecular complexity index is 633. The van der Waals surface area contributed by atoms with Crippen molar-refractivity contribution in [3.05, 3.63) is 65.0 Å². The molecule has 0 aromatic heterocycles. The van der Waals surface area contributed by atoms with Gasteiger partial charge in [-0.15, -0.1) is 0 Å². The highest BCUT2D eigenvalue weighted by molar-refractivity contribution is 5.46. The van der Waals surface area contributed by atoms with Gasteiger partial charge in [-0.2, -0.15) is 13.2 Å². The molecule has 0 saturated heterocycles. The number of rotatable bonds is 3. The molecular formula is C14H9F6N. The minimum atomic E-state index is -4.44. The highest BCUT2D eigenvalue weighted by Crippen LogP contribution is 2.29. The molecule has 2 rings (SSSR count). The van der Waals surface area contributed by atoms with Crippen molar-refractivity contribution in [2.75, 3.05) is 5.32 Å². The summed E-state index contributed by atoms with van der Waals surface area (Å²) < 4.78 is 76.4. The lowest BCUT2D eigenvalue weighted by atomic mass is 10.1. The van der Waals surface area contributed by atoms with Crippen molar-refractivity contribution in [1.82, 2.24) is 0 Å². The van der Waals surface area contributed by atoms with Gasteiger partial charge in [0.15, 0.2) is 11.6 Å². The first-order chi connectivity index (χ1) is 9.77. The fraction of sp³-hybridized carbons (Fsp3) is 0.143. The Morgan fingerprint density at radius 2 is 1.52 bits per heavy atom. The van der Waals surface area contributed by atoms with Crippen LogP contribution in [-0.4, -0.2) is 0 Å². The van der Waals surface area contributed by atoms with Gasteiger partial charge < -0.3 is 5.32 Å². The number of alkyl halides is 3. The van der Waals surface area contributed by atoms with Gasteiger partial charge >= 0.3 is 6.18 Å². The topological polar surface area (TPSA) is 12.0 Å². The van der Waals surface area contributed by atoms with E-state index in [-0.39, 0.29) is 6.54 Å². The largest absolute Gasteiger partial charge is 0.416 e. The lowest BCUT2D eigenvalue weighted by Gasteiger charge is -2.10. The van der Waals surface area contributed by atoms with E-state index in [4.69, 9.17) is 0 Å². The molecule has 21 heavy (non-hydrogen) atoms. The van der Waals surface area contributed by atoms with Crippen LogP contribution in [0.5, 0.6) is 0 Å². The second-order valence-corrected chi connectivity index (χ2v) is 4.30. The van der Waals surface area contributed by atoms with Crippen LogP contribution in [-0.2, 0) is 12.7 Å². The third-order valence-corrected chi connectivity index (χ3v) is 2.76. The van der Waals surface area contributed by atoms with Gasteiger partial charge in [0.05, 0.1) is 11.3 Å². The van der Waals surface area contributed by atoms with Gasteiger partial charge in [0.1, 0.15) is 5.82 Å². The molecule has 0 bridgehead atoms. The second-order valence-electron chi connectivity index (χ2n) is 4.30. The number of benzene rings is 2. The molecule has 112 valence electrons. The first kappa shape index (κ1) is 15.2. The van der Waals surface area contributed by atoms with E-state index < -0.39 is 34.9 Å². The van der Waals surface area contributed by atoms with E-state index in [1.165, 1.54) is 12.1 Å². The summed E-state index contributed by atoms with van der Waals surface area (Å²) in [5.74, 6) is -3.54. The molecule has 0 unspecified atom stereocenters. The summed E-state index contributed by atoms with van der Waals surface area (Å²) in [5.41, 5.74) is -0.798. The zero-order chi connectivity index (χ0) is 15.6. The molecule has 0 spiro atoms. The van der Waals surface area contributed by atoms with Crippen molar-refractivity contribution in [1.29, 1.82) is 0 Å². The van der Waals surface area contributed by atoms with Crippen LogP contribution in [0.2, 0.25) is 0 Å². The molecule has 0 radical (unpaired) electrons. The monoisotopic (exact) mass is 305 g/mol. The quantitative estimate of drug-likeness (QED) is 0.638. The fourth-order valence-corrected chi connectivity index (χ4v) is 1.69. The van der Waals surface area contributed by atoms with Gasteiger partial charge in [-0.3, -0.25) is 0 Å². The maximum absolute atomic E-state index is 13.4. The average Bonchev–Trinajstić information content (AvgIpc) is 2.40. The summed E-state index contributed by atoms with van der Waals surface area (Å²) in [5, 5.41) is 2.43. The molecule has 0 saturated carbocycles. The number of halogens is 6. The molecular weight excluding hydrogens is 296 g/mol. The maximum Gasteiger partial charge on any atom is 0.416 e. The molecule has 1 N–H and O–H groups in total. The average molecular weight is 305 g/mol. The van der Waals surface area contributed by atoms with Crippen LogP contribution in [0.25, 0.3) is 0 Å². The van der Waals surface area contributed by atoms with Gasteiger partial charge in [0.2, 0.25) is 0 Å². The van der Waals surface area contributed by atoms with Gasteiger partial charge in [0, 0.05) is 18.7 Å². The minimum Gasteiger partial charge on any atom is -0.378 e. The van der Waals surface area contributed by atoms with Crippen LogP contribution in [0, 0.1) is 17.5 Å². The minimum absolute atomic E-state index is 0.0715. The Labute approximate surface area is 116 Å². The smallest absolute Gasteiger partial charge is 0.378 e. The molecule has 0 fully saturated rings. The fourth-order valence-electron chi connectivity index (χ4n) is 1.69. The molecule has 0 aliphatic carbocycles. The van der Waals surface area contributed by atoms with Gasteiger partial charge in [-0.05, 0) is 17.7 Å². The van der Waals surface area contributed by atoms with E-state index in [0.29, 0.717) is 11.6 Å². The predicted octanol–water partition coefficient (Wildman–Crippen LogP) is 4.73. The van der Waals surface area contributed by atoms with E-state index in [1.54, 1.807) is 0 Å². The van der Waals surface area contributed by atoms with E-state index >= 15 is 0 Å². The third-order valence-electron chi connectivity index (χ3n) is 2.76. The van der Waals surface area contributed by atoms with Gasteiger partial charge in [0.25, 0.3) is 0 Å². The molecule has 1 nitrogen and oxygen atoms in total. The summed E-state index contributed by atoms with van der Waals surface area (Å²) >= 11 is 0. The van der Waals surface area contributed by atoms with E-state index in [9.17, 15) is 26.3 Å². The molecule has 7 heteroatoms. The molecule has 2 aromatic carbocycles. The summed E-state index contributed by atoms with van der Waals surface area (Å²) in [6, 6.07) is 5.31.